The Hall–Kier alpha value is -3.28. The van der Waals surface area contributed by atoms with Gasteiger partial charge >= 0.3 is 12.4 Å². The summed E-state index contributed by atoms with van der Waals surface area (Å²) in [5, 5.41) is 4.97. The molecule has 12 heteroatoms. The molecule has 1 saturated heterocycles. The summed E-state index contributed by atoms with van der Waals surface area (Å²) in [6.45, 7) is 1.91. The highest BCUT2D eigenvalue weighted by Gasteiger charge is 2.37. The number of alkyl halides is 6. The molecule has 1 aliphatic rings. The fourth-order valence-electron chi connectivity index (χ4n) is 3.68. The Morgan fingerprint density at radius 2 is 1.51 bits per heavy atom. The molecular formula is C23H23F6N3O3. The third-order valence-electron chi connectivity index (χ3n) is 5.39. The van der Waals surface area contributed by atoms with Crippen molar-refractivity contribution >= 4 is 23.2 Å². The van der Waals surface area contributed by atoms with Crippen molar-refractivity contribution in [2.24, 2.45) is 0 Å². The van der Waals surface area contributed by atoms with Gasteiger partial charge in [-0.15, -0.1) is 0 Å². The van der Waals surface area contributed by atoms with Gasteiger partial charge in [-0.3, -0.25) is 9.59 Å². The van der Waals surface area contributed by atoms with Crippen LogP contribution in [0.1, 0.15) is 44.7 Å². The molecule has 1 fully saturated rings. The average molecular weight is 503 g/mol. The average Bonchev–Trinajstić information content (AvgIpc) is 3.32. The highest BCUT2D eigenvalue weighted by Crippen LogP contribution is 2.36. The number of carbonyl (C=O) groups is 2. The molecule has 2 N–H and O–H groups in total. The number of carbonyl (C=O) groups excluding carboxylic acids is 2. The van der Waals surface area contributed by atoms with Crippen LogP contribution >= 0.6 is 0 Å². The summed E-state index contributed by atoms with van der Waals surface area (Å²) in [6.07, 6.45) is -8.30. The number of nitrogens with zero attached hydrogens (tertiary/aromatic N) is 1. The van der Waals surface area contributed by atoms with Crippen molar-refractivity contribution in [1.29, 1.82) is 0 Å². The molecule has 0 atom stereocenters. The zero-order valence-electron chi connectivity index (χ0n) is 18.6. The van der Waals surface area contributed by atoms with E-state index in [9.17, 15) is 35.9 Å². The quantitative estimate of drug-likeness (QED) is 0.414. The minimum absolute atomic E-state index is 0.0424. The largest absolute Gasteiger partial charge is 0.416 e. The summed E-state index contributed by atoms with van der Waals surface area (Å²) >= 11 is 0. The highest BCUT2D eigenvalue weighted by molar-refractivity contribution is 6.06. The Morgan fingerprint density at radius 1 is 0.914 bits per heavy atom. The Labute approximate surface area is 197 Å². The van der Waals surface area contributed by atoms with E-state index in [1.165, 1.54) is 19.2 Å². The van der Waals surface area contributed by atoms with E-state index in [0.717, 1.165) is 12.8 Å². The molecule has 0 unspecified atom stereocenters. The van der Waals surface area contributed by atoms with Gasteiger partial charge in [0.2, 0.25) is 0 Å². The summed E-state index contributed by atoms with van der Waals surface area (Å²) in [4.78, 5) is 27.4. The van der Waals surface area contributed by atoms with Crippen LogP contribution < -0.4 is 15.5 Å². The number of methoxy groups -OCH3 is 1. The maximum Gasteiger partial charge on any atom is 0.416 e. The molecule has 1 heterocycles. The van der Waals surface area contributed by atoms with Gasteiger partial charge in [0, 0.05) is 43.7 Å². The number of rotatable bonds is 7. The van der Waals surface area contributed by atoms with Gasteiger partial charge in [-0.2, -0.15) is 26.3 Å². The van der Waals surface area contributed by atoms with E-state index < -0.39 is 40.9 Å². The second-order valence-corrected chi connectivity index (χ2v) is 7.92. The predicted octanol–water partition coefficient (Wildman–Crippen LogP) is 4.95. The molecule has 0 bridgehead atoms. The molecule has 0 spiro atoms. The maximum absolute atomic E-state index is 13.1. The number of nitrogens with one attached hydrogen (secondary N) is 2. The van der Waals surface area contributed by atoms with E-state index in [4.69, 9.17) is 4.74 Å². The lowest BCUT2D eigenvalue weighted by Gasteiger charge is -2.22. The molecule has 2 aromatic rings. The van der Waals surface area contributed by atoms with Gasteiger partial charge in [-0.05, 0) is 49.2 Å². The summed E-state index contributed by atoms with van der Waals surface area (Å²) < 4.78 is 83.7. The first-order chi connectivity index (χ1) is 16.4. The van der Waals surface area contributed by atoms with Crippen molar-refractivity contribution in [3.8, 4) is 0 Å². The fraction of sp³-hybridized carbons (Fsp3) is 0.391. The minimum atomic E-state index is -5.08. The molecule has 0 aliphatic carbocycles. The summed E-state index contributed by atoms with van der Waals surface area (Å²) in [5.41, 5.74) is -3.16. The first-order valence-electron chi connectivity index (χ1n) is 10.7. The van der Waals surface area contributed by atoms with Crippen LogP contribution in [0.15, 0.2) is 36.4 Å². The fourth-order valence-corrected chi connectivity index (χ4v) is 3.68. The van der Waals surface area contributed by atoms with Crippen LogP contribution in [-0.2, 0) is 17.1 Å². The van der Waals surface area contributed by atoms with Gasteiger partial charge in [0.1, 0.15) is 0 Å². The molecule has 0 saturated carbocycles. The number of anilines is 2. The van der Waals surface area contributed by atoms with E-state index in [0.29, 0.717) is 30.9 Å². The van der Waals surface area contributed by atoms with Crippen molar-refractivity contribution in [3.63, 3.8) is 0 Å². The predicted molar refractivity (Wildman–Crippen MR) is 116 cm³/mol. The monoisotopic (exact) mass is 503 g/mol. The molecule has 1 aliphatic heterocycles. The third kappa shape index (κ3) is 6.65. The molecule has 190 valence electrons. The van der Waals surface area contributed by atoms with Crippen LogP contribution in [0, 0.1) is 0 Å². The van der Waals surface area contributed by atoms with Crippen molar-refractivity contribution in [2.75, 3.05) is 43.6 Å². The van der Waals surface area contributed by atoms with E-state index in [2.05, 4.69) is 10.6 Å². The molecule has 2 amide bonds. The lowest BCUT2D eigenvalue weighted by atomic mass is 10.0. The second-order valence-electron chi connectivity index (χ2n) is 7.92. The minimum Gasteiger partial charge on any atom is -0.383 e. The first-order valence-corrected chi connectivity index (χ1v) is 10.7. The zero-order valence-corrected chi connectivity index (χ0v) is 18.6. The lowest BCUT2D eigenvalue weighted by molar-refractivity contribution is -0.143. The number of hydrogen-bond acceptors (Lipinski definition) is 4. The standard InChI is InChI=1S/C23H23F6N3O3/c1-35-9-6-30-21(34)18-13-17(4-5-19(18)32-7-2-3-8-32)31-20(33)14-10-15(22(24,25)26)12-16(11-14)23(27,28)29/h4-5,10-13H,2-3,6-9H2,1H3,(H,30,34)(H,31,33). The van der Waals surface area contributed by atoms with Gasteiger partial charge in [0.15, 0.2) is 0 Å². The van der Waals surface area contributed by atoms with Crippen LogP contribution in [0.2, 0.25) is 0 Å². The zero-order chi connectivity index (χ0) is 25.8. The smallest absolute Gasteiger partial charge is 0.383 e. The maximum atomic E-state index is 13.1. The van der Waals surface area contributed by atoms with Gasteiger partial charge in [-0.1, -0.05) is 0 Å². The van der Waals surface area contributed by atoms with Crippen LogP contribution in [-0.4, -0.2) is 45.2 Å². The van der Waals surface area contributed by atoms with Gasteiger partial charge in [-0.25, -0.2) is 0 Å². The Kier molecular flexibility index (Phi) is 7.93. The van der Waals surface area contributed by atoms with E-state index in [1.807, 2.05) is 4.90 Å². The van der Waals surface area contributed by atoms with Gasteiger partial charge in [0.05, 0.1) is 23.3 Å². The number of ether oxygens (including phenoxy) is 1. The SMILES string of the molecule is COCCNC(=O)c1cc(NC(=O)c2cc(C(F)(F)F)cc(C(F)(F)F)c2)ccc1N1CCCC1. The number of amides is 2. The third-order valence-corrected chi connectivity index (χ3v) is 5.39. The molecule has 6 nitrogen and oxygen atoms in total. The molecule has 0 radical (unpaired) electrons. The lowest BCUT2D eigenvalue weighted by Crippen LogP contribution is -2.30. The second kappa shape index (κ2) is 10.5. The van der Waals surface area contributed by atoms with E-state index in [1.54, 1.807) is 6.07 Å². The Balaban J connectivity index is 1.92. The van der Waals surface area contributed by atoms with Crippen molar-refractivity contribution < 1.29 is 40.7 Å². The Morgan fingerprint density at radius 3 is 2.06 bits per heavy atom. The van der Waals surface area contributed by atoms with Gasteiger partial charge in [0.25, 0.3) is 11.8 Å². The van der Waals surface area contributed by atoms with E-state index >= 15 is 0 Å². The van der Waals surface area contributed by atoms with Crippen molar-refractivity contribution in [2.45, 2.75) is 25.2 Å². The van der Waals surface area contributed by atoms with Crippen molar-refractivity contribution in [1.82, 2.24) is 5.32 Å². The van der Waals surface area contributed by atoms with Crippen LogP contribution in [0.3, 0.4) is 0 Å². The summed E-state index contributed by atoms with van der Waals surface area (Å²) in [6, 6.07) is 5.01. The van der Waals surface area contributed by atoms with E-state index in [-0.39, 0.29) is 30.5 Å². The number of benzene rings is 2. The van der Waals surface area contributed by atoms with Crippen LogP contribution in [0.4, 0.5) is 37.7 Å². The topological polar surface area (TPSA) is 70.7 Å². The molecular weight excluding hydrogens is 480 g/mol. The summed E-state index contributed by atoms with van der Waals surface area (Å²) in [7, 11) is 1.47. The molecule has 35 heavy (non-hydrogen) atoms. The van der Waals surface area contributed by atoms with Crippen LogP contribution in [0.25, 0.3) is 0 Å². The first kappa shape index (κ1) is 26.3. The molecule has 3 rings (SSSR count). The Bertz CT molecular complexity index is 1050. The molecule has 2 aromatic carbocycles. The number of halogens is 6. The summed E-state index contributed by atoms with van der Waals surface area (Å²) in [5.74, 6) is -1.64. The van der Waals surface area contributed by atoms with Crippen LogP contribution in [0.5, 0.6) is 0 Å². The van der Waals surface area contributed by atoms with Gasteiger partial charge < -0.3 is 20.3 Å². The number of hydrogen-bond donors (Lipinski definition) is 2. The highest BCUT2D eigenvalue weighted by atomic mass is 19.4. The van der Waals surface area contributed by atoms with Crippen molar-refractivity contribution in [3.05, 3.63) is 58.7 Å². The molecule has 0 aromatic heterocycles. The normalized spacial score (nSPS) is 14.2.